The van der Waals surface area contributed by atoms with Crippen LogP contribution in [0.4, 0.5) is 0 Å². The van der Waals surface area contributed by atoms with E-state index in [0.717, 1.165) is 0 Å². The van der Waals surface area contributed by atoms with Crippen LogP contribution in [0, 0.1) is 5.92 Å². The van der Waals surface area contributed by atoms with Crippen molar-refractivity contribution >= 4 is 11.9 Å². The lowest BCUT2D eigenvalue weighted by Crippen LogP contribution is -2.50. The Labute approximate surface area is 103 Å². The van der Waals surface area contributed by atoms with Crippen LogP contribution in [0.5, 0.6) is 0 Å². The summed E-state index contributed by atoms with van der Waals surface area (Å²) >= 11 is 0. The molecule has 0 aromatic rings. The maximum atomic E-state index is 11.7. The number of carbonyl (C=O) groups excluding carboxylic acids is 2. The Morgan fingerprint density at radius 2 is 1.82 bits per heavy atom. The molecule has 0 saturated heterocycles. The molecule has 17 heavy (non-hydrogen) atoms. The summed E-state index contributed by atoms with van der Waals surface area (Å²) in [6.07, 6.45) is 0.592. The van der Waals surface area contributed by atoms with Gasteiger partial charge in [-0.05, 0) is 19.3 Å². The van der Waals surface area contributed by atoms with Gasteiger partial charge >= 0.3 is 5.97 Å². The van der Waals surface area contributed by atoms with E-state index >= 15 is 0 Å². The highest BCUT2D eigenvalue weighted by molar-refractivity contribution is 5.83. The summed E-state index contributed by atoms with van der Waals surface area (Å²) in [5.74, 6) is -0.0224. The molecule has 0 aromatic heterocycles. The van der Waals surface area contributed by atoms with Gasteiger partial charge in [-0.3, -0.25) is 14.9 Å². The van der Waals surface area contributed by atoms with Gasteiger partial charge in [-0.25, -0.2) is 0 Å². The standard InChI is InChI=1S/C12H24N2O3/c1-6-10(12(16)17-5)14-9(4)11(15)13-7-8(2)3/h8-10,14H,6-7H2,1-5H3,(H,13,15). The Kier molecular flexibility index (Phi) is 7.54. The molecule has 0 aliphatic heterocycles. The smallest absolute Gasteiger partial charge is 0.322 e. The quantitative estimate of drug-likeness (QED) is 0.647. The zero-order valence-corrected chi connectivity index (χ0v) is 11.4. The first-order valence-corrected chi connectivity index (χ1v) is 6.03. The van der Waals surface area contributed by atoms with E-state index in [1.165, 1.54) is 7.11 Å². The monoisotopic (exact) mass is 244 g/mol. The number of hydrogen-bond acceptors (Lipinski definition) is 4. The highest BCUT2D eigenvalue weighted by Gasteiger charge is 2.22. The van der Waals surface area contributed by atoms with Gasteiger partial charge in [0.2, 0.25) is 5.91 Å². The Morgan fingerprint density at radius 1 is 1.24 bits per heavy atom. The number of carbonyl (C=O) groups is 2. The third-order valence-electron chi connectivity index (χ3n) is 2.42. The maximum absolute atomic E-state index is 11.7. The van der Waals surface area contributed by atoms with Crippen molar-refractivity contribution in [2.45, 2.75) is 46.2 Å². The van der Waals surface area contributed by atoms with Crippen molar-refractivity contribution in [3.05, 3.63) is 0 Å². The van der Waals surface area contributed by atoms with Crippen molar-refractivity contribution in [2.24, 2.45) is 5.92 Å². The second-order valence-electron chi connectivity index (χ2n) is 4.51. The molecule has 0 aromatic carbocycles. The molecular formula is C12H24N2O3. The van der Waals surface area contributed by atoms with Crippen LogP contribution in [-0.4, -0.2) is 37.6 Å². The minimum atomic E-state index is -0.431. The minimum absolute atomic E-state index is 0.0962. The van der Waals surface area contributed by atoms with Gasteiger partial charge < -0.3 is 10.1 Å². The molecule has 0 aliphatic rings. The fourth-order valence-electron chi connectivity index (χ4n) is 1.33. The average molecular weight is 244 g/mol. The molecule has 0 heterocycles. The van der Waals surface area contributed by atoms with Crippen molar-refractivity contribution in [1.29, 1.82) is 0 Å². The molecule has 0 bridgehead atoms. The first-order chi connectivity index (χ1) is 7.92. The van der Waals surface area contributed by atoms with Crippen LogP contribution in [0.15, 0.2) is 0 Å². The van der Waals surface area contributed by atoms with E-state index in [0.29, 0.717) is 18.9 Å². The molecule has 2 N–H and O–H groups in total. The van der Waals surface area contributed by atoms with Crippen molar-refractivity contribution in [1.82, 2.24) is 10.6 Å². The van der Waals surface area contributed by atoms with E-state index in [2.05, 4.69) is 15.4 Å². The maximum Gasteiger partial charge on any atom is 0.322 e. The predicted molar refractivity (Wildman–Crippen MR) is 66.5 cm³/mol. The summed E-state index contributed by atoms with van der Waals surface area (Å²) in [5.41, 5.74) is 0. The van der Waals surface area contributed by atoms with Gasteiger partial charge in [-0.1, -0.05) is 20.8 Å². The molecule has 0 spiro atoms. The number of esters is 1. The summed E-state index contributed by atoms with van der Waals surface area (Å²) < 4.78 is 4.65. The molecule has 100 valence electrons. The van der Waals surface area contributed by atoms with Gasteiger partial charge in [0.25, 0.3) is 0 Å². The molecule has 0 rings (SSSR count). The zero-order valence-electron chi connectivity index (χ0n) is 11.4. The summed E-state index contributed by atoms with van der Waals surface area (Å²) in [5, 5.41) is 5.77. The molecule has 0 aliphatic carbocycles. The van der Waals surface area contributed by atoms with Crippen LogP contribution in [0.2, 0.25) is 0 Å². The number of methoxy groups -OCH3 is 1. The van der Waals surface area contributed by atoms with Crippen LogP contribution in [0.3, 0.4) is 0 Å². The Bertz CT molecular complexity index is 254. The summed E-state index contributed by atoms with van der Waals surface area (Å²) in [7, 11) is 1.34. The second kappa shape index (κ2) is 8.06. The van der Waals surface area contributed by atoms with E-state index in [1.54, 1.807) is 6.92 Å². The summed E-state index contributed by atoms with van der Waals surface area (Å²) in [6.45, 7) is 8.30. The number of hydrogen-bond donors (Lipinski definition) is 2. The van der Waals surface area contributed by atoms with E-state index in [9.17, 15) is 9.59 Å². The van der Waals surface area contributed by atoms with Crippen molar-refractivity contribution in [3.8, 4) is 0 Å². The lowest BCUT2D eigenvalue weighted by Gasteiger charge is -2.20. The lowest BCUT2D eigenvalue weighted by atomic mass is 10.1. The van der Waals surface area contributed by atoms with Gasteiger partial charge in [0.15, 0.2) is 0 Å². The van der Waals surface area contributed by atoms with Crippen LogP contribution >= 0.6 is 0 Å². The largest absolute Gasteiger partial charge is 0.468 e. The summed E-state index contributed by atoms with van der Waals surface area (Å²) in [4.78, 5) is 23.0. The first kappa shape index (κ1) is 15.9. The normalized spacial score (nSPS) is 14.2. The Morgan fingerprint density at radius 3 is 2.24 bits per heavy atom. The Balaban J connectivity index is 4.17. The zero-order chi connectivity index (χ0) is 13.4. The number of nitrogens with one attached hydrogen (secondary N) is 2. The van der Waals surface area contributed by atoms with Gasteiger partial charge in [-0.2, -0.15) is 0 Å². The predicted octanol–water partition coefficient (Wildman–Crippen LogP) is 0.688. The number of rotatable bonds is 7. The van der Waals surface area contributed by atoms with E-state index < -0.39 is 12.1 Å². The van der Waals surface area contributed by atoms with Crippen LogP contribution in [0.1, 0.15) is 34.1 Å². The highest BCUT2D eigenvalue weighted by atomic mass is 16.5. The molecule has 2 unspecified atom stereocenters. The fraction of sp³-hybridized carbons (Fsp3) is 0.833. The minimum Gasteiger partial charge on any atom is -0.468 e. The molecule has 0 fully saturated rings. The highest BCUT2D eigenvalue weighted by Crippen LogP contribution is 1.97. The van der Waals surface area contributed by atoms with Gasteiger partial charge in [0.1, 0.15) is 6.04 Å². The number of ether oxygens (including phenoxy) is 1. The van der Waals surface area contributed by atoms with Crippen LogP contribution < -0.4 is 10.6 Å². The summed E-state index contributed by atoms with van der Waals surface area (Å²) in [6, 6.07) is -0.836. The van der Waals surface area contributed by atoms with Gasteiger partial charge in [-0.15, -0.1) is 0 Å². The molecule has 0 radical (unpaired) electrons. The van der Waals surface area contributed by atoms with Crippen molar-refractivity contribution < 1.29 is 14.3 Å². The van der Waals surface area contributed by atoms with Crippen LogP contribution in [0.25, 0.3) is 0 Å². The van der Waals surface area contributed by atoms with E-state index in [-0.39, 0.29) is 11.9 Å². The Hall–Kier alpha value is -1.10. The van der Waals surface area contributed by atoms with E-state index in [4.69, 9.17) is 0 Å². The van der Waals surface area contributed by atoms with Crippen LogP contribution in [-0.2, 0) is 14.3 Å². The second-order valence-corrected chi connectivity index (χ2v) is 4.51. The molecule has 2 atom stereocenters. The molecule has 0 saturated carbocycles. The first-order valence-electron chi connectivity index (χ1n) is 6.03. The van der Waals surface area contributed by atoms with Crippen molar-refractivity contribution in [3.63, 3.8) is 0 Å². The molecule has 5 nitrogen and oxygen atoms in total. The molecule has 5 heteroatoms. The van der Waals surface area contributed by atoms with Gasteiger partial charge in [0, 0.05) is 6.54 Å². The number of amides is 1. The third-order valence-corrected chi connectivity index (χ3v) is 2.42. The fourth-order valence-corrected chi connectivity index (χ4v) is 1.33. The van der Waals surface area contributed by atoms with Crippen molar-refractivity contribution in [2.75, 3.05) is 13.7 Å². The third kappa shape index (κ3) is 6.26. The SMILES string of the molecule is CCC(NC(C)C(=O)NCC(C)C)C(=O)OC. The van der Waals surface area contributed by atoms with E-state index in [1.807, 2.05) is 20.8 Å². The molecule has 1 amide bonds. The lowest BCUT2D eigenvalue weighted by molar-refractivity contribution is -0.143. The average Bonchev–Trinajstić information content (AvgIpc) is 2.31. The topological polar surface area (TPSA) is 67.4 Å². The van der Waals surface area contributed by atoms with Gasteiger partial charge in [0.05, 0.1) is 13.2 Å². The molecular weight excluding hydrogens is 220 g/mol.